The quantitative estimate of drug-likeness (QED) is 0.654. The zero-order chi connectivity index (χ0) is 20.5. The summed E-state index contributed by atoms with van der Waals surface area (Å²) in [5, 5.41) is 8.49. The largest absolute Gasteiger partial charge is 0.376 e. The molecule has 0 spiro atoms. The molecule has 0 saturated heterocycles. The molecule has 0 aromatic heterocycles. The van der Waals surface area contributed by atoms with Crippen LogP contribution in [-0.4, -0.2) is 42.3 Å². The second kappa shape index (κ2) is 10.1. The molecule has 0 aliphatic carbocycles. The summed E-state index contributed by atoms with van der Waals surface area (Å²) in [7, 11) is 0. The number of amides is 3. The van der Waals surface area contributed by atoms with E-state index < -0.39 is 0 Å². The normalized spacial score (nSPS) is 10.1. The Labute approximate surface area is 165 Å². The maximum absolute atomic E-state index is 12.4. The Kier molecular flexibility index (Phi) is 7.56. The molecule has 0 radical (unpaired) electrons. The van der Waals surface area contributed by atoms with E-state index in [9.17, 15) is 14.4 Å². The van der Waals surface area contributed by atoms with Gasteiger partial charge in [0.25, 0.3) is 5.91 Å². The van der Waals surface area contributed by atoms with Crippen molar-refractivity contribution in [2.24, 2.45) is 0 Å². The summed E-state index contributed by atoms with van der Waals surface area (Å²) < 4.78 is 0. The van der Waals surface area contributed by atoms with E-state index in [4.69, 9.17) is 0 Å². The van der Waals surface area contributed by atoms with Crippen LogP contribution in [0.25, 0.3) is 0 Å². The van der Waals surface area contributed by atoms with E-state index in [1.165, 1.54) is 6.92 Å². The van der Waals surface area contributed by atoms with Crippen LogP contribution in [0.2, 0.25) is 0 Å². The van der Waals surface area contributed by atoms with E-state index in [1.807, 2.05) is 13.8 Å². The van der Waals surface area contributed by atoms with Gasteiger partial charge in [-0.05, 0) is 56.3 Å². The predicted molar refractivity (Wildman–Crippen MR) is 112 cm³/mol. The molecule has 0 bridgehead atoms. The summed E-state index contributed by atoms with van der Waals surface area (Å²) >= 11 is 0. The van der Waals surface area contributed by atoms with E-state index >= 15 is 0 Å². The Morgan fingerprint density at radius 2 is 1.50 bits per heavy atom. The van der Waals surface area contributed by atoms with Crippen LogP contribution in [0.3, 0.4) is 0 Å². The first-order valence-corrected chi connectivity index (χ1v) is 9.23. The fourth-order valence-electron chi connectivity index (χ4n) is 2.69. The Morgan fingerprint density at radius 1 is 0.857 bits per heavy atom. The summed E-state index contributed by atoms with van der Waals surface area (Å²) in [6, 6.07) is 14.0. The molecule has 0 unspecified atom stereocenters. The molecule has 0 saturated carbocycles. The van der Waals surface area contributed by atoms with Crippen molar-refractivity contribution in [1.82, 2.24) is 4.90 Å². The van der Waals surface area contributed by atoms with Crippen LogP contribution in [0.15, 0.2) is 48.5 Å². The summed E-state index contributed by atoms with van der Waals surface area (Å²) in [5.74, 6) is -0.418. The molecule has 0 atom stereocenters. The third-order valence-corrected chi connectivity index (χ3v) is 4.10. The summed E-state index contributed by atoms with van der Waals surface area (Å²) in [6.07, 6.45) is 0. The standard InChI is InChI=1S/C21H26N4O3/c1-4-25(5-2)21(28)16-7-6-8-19(13-16)24-20(27)14-22-17-9-11-18(12-10-17)23-15(3)26/h6-13,22H,4-5,14H2,1-3H3,(H,23,26)(H,24,27). The molecule has 0 aliphatic rings. The van der Waals surface area contributed by atoms with Gasteiger partial charge in [-0.15, -0.1) is 0 Å². The van der Waals surface area contributed by atoms with Gasteiger partial charge in [0, 0.05) is 42.6 Å². The molecule has 2 aromatic carbocycles. The number of nitrogens with one attached hydrogen (secondary N) is 3. The van der Waals surface area contributed by atoms with E-state index in [0.29, 0.717) is 30.0 Å². The molecule has 28 heavy (non-hydrogen) atoms. The SMILES string of the molecule is CCN(CC)C(=O)c1cccc(NC(=O)CNc2ccc(NC(C)=O)cc2)c1. The number of hydrogen-bond acceptors (Lipinski definition) is 4. The first-order valence-electron chi connectivity index (χ1n) is 9.23. The van der Waals surface area contributed by atoms with Gasteiger partial charge in [-0.3, -0.25) is 14.4 Å². The Bertz CT molecular complexity index is 830. The van der Waals surface area contributed by atoms with E-state index in [2.05, 4.69) is 16.0 Å². The highest BCUT2D eigenvalue weighted by atomic mass is 16.2. The first-order chi connectivity index (χ1) is 13.4. The Hall–Kier alpha value is -3.35. The molecule has 2 aromatic rings. The van der Waals surface area contributed by atoms with Crippen molar-refractivity contribution < 1.29 is 14.4 Å². The predicted octanol–water partition coefficient (Wildman–Crippen LogP) is 3.18. The lowest BCUT2D eigenvalue weighted by molar-refractivity contribution is -0.115. The molecular weight excluding hydrogens is 356 g/mol. The van der Waals surface area contributed by atoms with Gasteiger partial charge < -0.3 is 20.9 Å². The zero-order valence-electron chi connectivity index (χ0n) is 16.4. The van der Waals surface area contributed by atoms with Gasteiger partial charge in [0.05, 0.1) is 6.54 Å². The highest BCUT2D eigenvalue weighted by Gasteiger charge is 2.13. The number of anilines is 3. The average Bonchev–Trinajstić information content (AvgIpc) is 2.68. The van der Waals surface area contributed by atoms with Crippen molar-refractivity contribution in [3.63, 3.8) is 0 Å². The minimum absolute atomic E-state index is 0.0570. The number of hydrogen-bond donors (Lipinski definition) is 3. The van der Waals surface area contributed by atoms with Gasteiger partial charge >= 0.3 is 0 Å². The first kappa shape index (κ1) is 21.0. The molecular formula is C21H26N4O3. The van der Waals surface area contributed by atoms with E-state index in [0.717, 1.165) is 5.69 Å². The minimum atomic E-state index is -0.224. The van der Waals surface area contributed by atoms with Gasteiger partial charge in [0.15, 0.2) is 0 Å². The topological polar surface area (TPSA) is 90.5 Å². The Balaban J connectivity index is 1.91. The molecule has 0 fully saturated rings. The fraction of sp³-hybridized carbons (Fsp3) is 0.286. The van der Waals surface area contributed by atoms with E-state index in [1.54, 1.807) is 53.4 Å². The third kappa shape index (κ3) is 6.12. The van der Waals surface area contributed by atoms with Gasteiger partial charge in [0.2, 0.25) is 11.8 Å². The van der Waals surface area contributed by atoms with Crippen LogP contribution in [0, 0.1) is 0 Å². The molecule has 2 rings (SSSR count). The van der Waals surface area contributed by atoms with Gasteiger partial charge in [0.1, 0.15) is 0 Å². The number of carbonyl (C=O) groups is 3. The maximum Gasteiger partial charge on any atom is 0.253 e. The lowest BCUT2D eigenvalue weighted by Gasteiger charge is -2.19. The van der Waals surface area contributed by atoms with Crippen molar-refractivity contribution in [2.45, 2.75) is 20.8 Å². The van der Waals surface area contributed by atoms with Crippen LogP contribution in [0.4, 0.5) is 17.1 Å². The number of carbonyl (C=O) groups excluding carboxylic acids is 3. The highest BCUT2D eigenvalue weighted by Crippen LogP contribution is 2.15. The number of rotatable bonds is 8. The monoisotopic (exact) mass is 382 g/mol. The minimum Gasteiger partial charge on any atom is -0.376 e. The lowest BCUT2D eigenvalue weighted by atomic mass is 10.1. The number of nitrogens with zero attached hydrogens (tertiary/aromatic N) is 1. The molecule has 0 aliphatic heterocycles. The van der Waals surface area contributed by atoms with Gasteiger partial charge in [-0.2, -0.15) is 0 Å². The van der Waals surface area contributed by atoms with Crippen molar-refractivity contribution in [3.8, 4) is 0 Å². The van der Waals surface area contributed by atoms with Crippen LogP contribution >= 0.6 is 0 Å². The molecule has 7 nitrogen and oxygen atoms in total. The van der Waals surface area contributed by atoms with Crippen LogP contribution in [0.5, 0.6) is 0 Å². The van der Waals surface area contributed by atoms with Crippen molar-refractivity contribution in [1.29, 1.82) is 0 Å². The number of benzene rings is 2. The summed E-state index contributed by atoms with van der Waals surface area (Å²) in [5.41, 5.74) is 2.57. The van der Waals surface area contributed by atoms with Crippen molar-refractivity contribution in [2.75, 3.05) is 35.6 Å². The van der Waals surface area contributed by atoms with Gasteiger partial charge in [-0.25, -0.2) is 0 Å². The fourth-order valence-corrected chi connectivity index (χ4v) is 2.69. The van der Waals surface area contributed by atoms with Gasteiger partial charge in [-0.1, -0.05) is 6.07 Å². The Morgan fingerprint density at radius 3 is 2.11 bits per heavy atom. The van der Waals surface area contributed by atoms with Crippen LogP contribution in [-0.2, 0) is 9.59 Å². The average molecular weight is 382 g/mol. The zero-order valence-corrected chi connectivity index (χ0v) is 16.4. The summed E-state index contributed by atoms with van der Waals surface area (Å²) in [4.78, 5) is 37.4. The summed E-state index contributed by atoms with van der Waals surface area (Å²) in [6.45, 7) is 6.66. The molecule has 0 heterocycles. The second-order valence-corrected chi connectivity index (χ2v) is 6.22. The van der Waals surface area contributed by atoms with E-state index in [-0.39, 0.29) is 24.3 Å². The highest BCUT2D eigenvalue weighted by molar-refractivity contribution is 5.98. The van der Waals surface area contributed by atoms with Crippen LogP contribution in [0.1, 0.15) is 31.1 Å². The maximum atomic E-state index is 12.4. The third-order valence-electron chi connectivity index (χ3n) is 4.10. The van der Waals surface area contributed by atoms with Crippen LogP contribution < -0.4 is 16.0 Å². The molecule has 3 amide bonds. The van der Waals surface area contributed by atoms with Crippen molar-refractivity contribution >= 4 is 34.8 Å². The molecule has 148 valence electrons. The second-order valence-electron chi connectivity index (χ2n) is 6.22. The lowest BCUT2D eigenvalue weighted by Crippen LogP contribution is -2.30. The smallest absolute Gasteiger partial charge is 0.253 e. The molecule has 3 N–H and O–H groups in total. The van der Waals surface area contributed by atoms with Crippen molar-refractivity contribution in [3.05, 3.63) is 54.1 Å². The molecule has 7 heteroatoms.